The third kappa shape index (κ3) is 3.99. The van der Waals surface area contributed by atoms with Crippen LogP contribution in [-0.4, -0.2) is 26.8 Å². The molecule has 1 heterocycles. The van der Waals surface area contributed by atoms with Crippen molar-refractivity contribution in [2.24, 2.45) is 5.92 Å². The van der Waals surface area contributed by atoms with E-state index in [1.165, 1.54) is 11.8 Å². The van der Waals surface area contributed by atoms with Crippen molar-refractivity contribution in [2.45, 2.75) is 31.5 Å². The predicted octanol–water partition coefficient (Wildman–Crippen LogP) is 4.17. The standard InChI is InChI=1S/C21H22N4OS/c1-15(2)21(3,14-22)24-19(26)13-27-20-23-17-11-7-8-12-18(17)25(20)16-9-5-4-6-10-16/h4-12,15H,13H2,1-3H3,(H,24,26)/t21-/m0/s1. The Kier molecular flexibility index (Phi) is 5.52. The molecule has 5 nitrogen and oxygen atoms in total. The van der Waals surface area contributed by atoms with Crippen LogP contribution in [0.25, 0.3) is 16.7 Å². The molecule has 0 unspecified atom stereocenters. The number of hydrogen-bond acceptors (Lipinski definition) is 4. The van der Waals surface area contributed by atoms with Crippen LogP contribution in [0, 0.1) is 17.2 Å². The van der Waals surface area contributed by atoms with E-state index in [4.69, 9.17) is 4.98 Å². The number of benzene rings is 2. The summed E-state index contributed by atoms with van der Waals surface area (Å²) in [7, 11) is 0. The number of para-hydroxylation sites is 3. The van der Waals surface area contributed by atoms with Gasteiger partial charge in [0.1, 0.15) is 5.54 Å². The number of fused-ring (bicyclic) bond motifs is 1. The zero-order valence-electron chi connectivity index (χ0n) is 15.6. The molecule has 2 aromatic carbocycles. The van der Waals surface area contributed by atoms with Crippen molar-refractivity contribution >= 4 is 28.7 Å². The lowest BCUT2D eigenvalue weighted by Gasteiger charge is -2.27. The van der Waals surface area contributed by atoms with Gasteiger partial charge < -0.3 is 5.32 Å². The van der Waals surface area contributed by atoms with Crippen molar-refractivity contribution in [2.75, 3.05) is 5.75 Å². The van der Waals surface area contributed by atoms with Gasteiger partial charge in [0, 0.05) is 5.69 Å². The molecule has 0 spiro atoms. The molecule has 0 saturated carbocycles. The summed E-state index contributed by atoms with van der Waals surface area (Å²) in [5.41, 5.74) is 2.00. The molecule has 27 heavy (non-hydrogen) atoms. The Hall–Kier alpha value is -2.78. The Morgan fingerprint density at radius 2 is 1.89 bits per heavy atom. The number of nitriles is 1. The summed E-state index contributed by atoms with van der Waals surface area (Å²) >= 11 is 1.37. The second kappa shape index (κ2) is 7.85. The van der Waals surface area contributed by atoms with Gasteiger partial charge in [0.15, 0.2) is 5.16 Å². The van der Waals surface area contributed by atoms with Crippen LogP contribution < -0.4 is 5.32 Å². The highest BCUT2D eigenvalue weighted by Crippen LogP contribution is 2.28. The molecule has 0 aliphatic carbocycles. The first-order chi connectivity index (χ1) is 12.9. The molecular weight excluding hydrogens is 356 g/mol. The van der Waals surface area contributed by atoms with Gasteiger partial charge in [0.25, 0.3) is 0 Å². The Morgan fingerprint density at radius 3 is 2.56 bits per heavy atom. The number of thioether (sulfide) groups is 1. The van der Waals surface area contributed by atoms with E-state index in [1.54, 1.807) is 6.92 Å². The number of hydrogen-bond donors (Lipinski definition) is 1. The number of carbonyl (C=O) groups excluding carboxylic acids is 1. The number of aromatic nitrogens is 2. The van der Waals surface area contributed by atoms with E-state index in [9.17, 15) is 10.1 Å². The summed E-state index contributed by atoms with van der Waals surface area (Å²) in [6.45, 7) is 5.59. The van der Waals surface area contributed by atoms with Crippen LogP contribution in [0.2, 0.25) is 0 Å². The molecular formula is C21H22N4OS. The summed E-state index contributed by atoms with van der Waals surface area (Å²) in [6, 6.07) is 20.1. The van der Waals surface area contributed by atoms with Gasteiger partial charge in [-0.2, -0.15) is 5.26 Å². The Bertz CT molecular complexity index is 990. The SMILES string of the molecule is CC(C)[C@](C)(C#N)NC(=O)CSc1nc2ccccc2n1-c1ccccc1. The Labute approximate surface area is 163 Å². The van der Waals surface area contributed by atoms with Crippen LogP contribution >= 0.6 is 11.8 Å². The van der Waals surface area contributed by atoms with Crippen LogP contribution in [0.15, 0.2) is 59.8 Å². The van der Waals surface area contributed by atoms with Crippen molar-refractivity contribution in [3.8, 4) is 11.8 Å². The van der Waals surface area contributed by atoms with Crippen LogP contribution in [0.5, 0.6) is 0 Å². The molecule has 0 bridgehead atoms. The van der Waals surface area contributed by atoms with E-state index >= 15 is 0 Å². The van der Waals surface area contributed by atoms with E-state index in [-0.39, 0.29) is 17.6 Å². The fraction of sp³-hybridized carbons (Fsp3) is 0.286. The number of nitrogens with zero attached hydrogens (tertiary/aromatic N) is 3. The number of carbonyl (C=O) groups is 1. The quantitative estimate of drug-likeness (QED) is 0.654. The zero-order valence-corrected chi connectivity index (χ0v) is 16.5. The molecule has 3 aromatic rings. The molecule has 1 N–H and O–H groups in total. The highest BCUT2D eigenvalue weighted by Gasteiger charge is 2.30. The van der Waals surface area contributed by atoms with Gasteiger partial charge in [0.2, 0.25) is 5.91 Å². The van der Waals surface area contributed by atoms with Crippen LogP contribution in [0.4, 0.5) is 0 Å². The van der Waals surface area contributed by atoms with E-state index < -0.39 is 5.54 Å². The number of amides is 1. The first-order valence-corrected chi connectivity index (χ1v) is 9.81. The minimum absolute atomic E-state index is 0.0188. The maximum Gasteiger partial charge on any atom is 0.231 e. The lowest BCUT2D eigenvalue weighted by Crippen LogP contribution is -2.49. The van der Waals surface area contributed by atoms with E-state index in [0.29, 0.717) is 0 Å². The van der Waals surface area contributed by atoms with Gasteiger partial charge in [-0.1, -0.05) is 55.9 Å². The second-order valence-corrected chi connectivity index (χ2v) is 7.80. The summed E-state index contributed by atoms with van der Waals surface area (Å²) in [6.07, 6.45) is 0. The van der Waals surface area contributed by atoms with Gasteiger partial charge in [0.05, 0.1) is 22.9 Å². The summed E-state index contributed by atoms with van der Waals surface area (Å²) < 4.78 is 2.05. The van der Waals surface area contributed by atoms with Gasteiger partial charge >= 0.3 is 0 Å². The first-order valence-electron chi connectivity index (χ1n) is 8.82. The third-order valence-corrected chi connectivity index (χ3v) is 5.60. The number of rotatable bonds is 6. The summed E-state index contributed by atoms with van der Waals surface area (Å²) in [4.78, 5) is 17.1. The number of imidazole rings is 1. The highest BCUT2D eigenvalue weighted by atomic mass is 32.2. The lowest BCUT2D eigenvalue weighted by molar-refractivity contribution is -0.120. The Balaban J connectivity index is 1.86. The van der Waals surface area contributed by atoms with E-state index in [2.05, 4.69) is 16.0 Å². The van der Waals surface area contributed by atoms with Gasteiger partial charge in [-0.25, -0.2) is 4.98 Å². The van der Waals surface area contributed by atoms with Crippen molar-refractivity contribution in [1.82, 2.24) is 14.9 Å². The molecule has 138 valence electrons. The Morgan fingerprint density at radius 1 is 1.22 bits per heavy atom. The average molecular weight is 379 g/mol. The second-order valence-electron chi connectivity index (χ2n) is 6.86. The molecule has 3 rings (SSSR count). The molecule has 6 heteroatoms. The largest absolute Gasteiger partial charge is 0.337 e. The van der Waals surface area contributed by atoms with Crippen LogP contribution in [-0.2, 0) is 4.79 Å². The lowest BCUT2D eigenvalue weighted by atomic mass is 9.90. The van der Waals surface area contributed by atoms with E-state index in [0.717, 1.165) is 21.9 Å². The molecule has 1 amide bonds. The molecule has 1 atom stereocenters. The zero-order chi connectivity index (χ0) is 19.4. The summed E-state index contributed by atoms with van der Waals surface area (Å²) in [5, 5.41) is 13.0. The van der Waals surface area contributed by atoms with Crippen molar-refractivity contribution in [1.29, 1.82) is 5.26 Å². The average Bonchev–Trinajstić information content (AvgIpc) is 3.05. The molecule has 1 aromatic heterocycles. The smallest absolute Gasteiger partial charge is 0.231 e. The highest BCUT2D eigenvalue weighted by molar-refractivity contribution is 7.99. The van der Waals surface area contributed by atoms with E-state index in [1.807, 2.05) is 68.4 Å². The minimum Gasteiger partial charge on any atom is -0.337 e. The minimum atomic E-state index is -0.878. The maximum atomic E-state index is 12.4. The van der Waals surface area contributed by atoms with Crippen molar-refractivity contribution in [3.63, 3.8) is 0 Å². The monoisotopic (exact) mass is 378 g/mol. The fourth-order valence-electron chi connectivity index (χ4n) is 2.68. The molecule has 0 saturated heterocycles. The van der Waals surface area contributed by atoms with Crippen LogP contribution in [0.3, 0.4) is 0 Å². The van der Waals surface area contributed by atoms with Crippen molar-refractivity contribution in [3.05, 3.63) is 54.6 Å². The van der Waals surface area contributed by atoms with Gasteiger partial charge in [-0.15, -0.1) is 0 Å². The third-order valence-electron chi connectivity index (χ3n) is 4.66. The fourth-order valence-corrected chi connectivity index (χ4v) is 3.51. The predicted molar refractivity (Wildman–Crippen MR) is 109 cm³/mol. The molecule has 0 aliphatic heterocycles. The normalized spacial score (nSPS) is 13.3. The summed E-state index contributed by atoms with van der Waals surface area (Å²) in [5.74, 6) is 0.0370. The first kappa shape index (κ1) is 19.0. The van der Waals surface area contributed by atoms with Crippen LogP contribution in [0.1, 0.15) is 20.8 Å². The van der Waals surface area contributed by atoms with Crippen molar-refractivity contribution < 1.29 is 4.79 Å². The molecule has 0 aliphatic rings. The van der Waals surface area contributed by atoms with Gasteiger partial charge in [-0.05, 0) is 37.1 Å². The van der Waals surface area contributed by atoms with Gasteiger partial charge in [-0.3, -0.25) is 9.36 Å². The molecule has 0 fully saturated rings. The topological polar surface area (TPSA) is 70.7 Å². The number of nitrogens with one attached hydrogen (secondary N) is 1. The maximum absolute atomic E-state index is 12.4. The molecule has 0 radical (unpaired) electrons.